The Bertz CT molecular complexity index is 457. The van der Waals surface area contributed by atoms with Gasteiger partial charge in [-0.05, 0) is 24.6 Å². The number of nitrogens with one attached hydrogen (secondary N) is 1. The number of benzene rings is 1. The molecule has 1 rings (SSSR count). The summed E-state index contributed by atoms with van der Waals surface area (Å²) in [6.07, 6.45) is 4.44. The molecule has 0 fully saturated rings. The summed E-state index contributed by atoms with van der Waals surface area (Å²) in [6, 6.07) is 3.85. The molecule has 0 spiro atoms. The fourth-order valence-electron chi connectivity index (χ4n) is 1.70. The van der Waals surface area contributed by atoms with Crippen molar-refractivity contribution in [3.05, 3.63) is 23.8 Å². The van der Waals surface area contributed by atoms with Crippen molar-refractivity contribution in [3.8, 4) is 5.75 Å². The molecular weight excluding hydrogens is 246 g/mol. The van der Waals surface area contributed by atoms with Crippen molar-refractivity contribution >= 4 is 17.6 Å². The molecule has 0 bridgehead atoms. The fraction of sp³-hybridized carbons (Fsp3) is 0.429. The Morgan fingerprint density at radius 1 is 1.21 bits per heavy atom. The molecule has 0 atom stereocenters. The van der Waals surface area contributed by atoms with Gasteiger partial charge in [0.25, 0.3) is 0 Å². The zero-order valence-electron chi connectivity index (χ0n) is 11.0. The first-order valence-corrected chi connectivity index (χ1v) is 6.40. The summed E-state index contributed by atoms with van der Waals surface area (Å²) in [5.74, 6) is -1.52. The number of anilines is 1. The molecule has 19 heavy (non-hydrogen) atoms. The number of aromatic hydroxyl groups is 1. The van der Waals surface area contributed by atoms with Crippen LogP contribution in [0.25, 0.3) is 0 Å². The number of carbonyl (C=O) groups is 2. The summed E-state index contributed by atoms with van der Waals surface area (Å²) < 4.78 is 0. The summed E-state index contributed by atoms with van der Waals surface area (Å²) in [5, 5.41) is 20.9. The zero-order chi connectivity index (χ0) is 14.3. The largest absolute Gasteiger partial charge is 0.506 e. The van der Waals surface area contributed by atoms with Crippen molar-refractivity contribution < 1.29 is 19.8 Å². The van der Waals surface area contributed by atoms with Crippen LogP contribution in [-0.4, -0.2) is 22.1 Å². The van der Waals surface area contributed by atoms with Crippen molar-refractivity contribution in [2.24, 2.45) is 0 Å². The van der Waals surface area contributed by atoms with Gasteiger partial charge in [0.15, 0.2) is 0 Å². The third kappa shape index (κ3) is 4.99. The molecule has 0 aliphatic carbocycles. The number of phenols is 1. The number of carbonyl (C=O) groups excluding carboxylic acids is 1. The van der Waals surface area contributed by atoms with Crippen LogP contribution >= 0.6 is 0 Å². The van der Waals surface area contributed by atoms with Crippen LogP contribution in [0.5, 0.6) is 5.75 Å². The number of phenolic OH excluding ortho intramolecular Hbond substituents is 1. The van der Waals surface area contributed by atoms with Crippen molar-refractivity contribution in [2.45, 2.75) is 39.0 Å². The molecular formula is C14H19NO4. The number of aromatic carboxylic acids is 1. The molecule has 0 radical (unpaired) electrons. The smallest absolute Gasteiger partial charge is 0.335 e. The van der Waals surface area contributed by atoms with E-state index in [9.17, 15) is 14.7 Å². The van der Waals surface area contributed by atoms with E-state index in [0.717, 1.165) is 31.7 Å². The maximum absolute atomic E-state index is 11.6. The van der Waals surface area contributed by atoms with E-state index in [1.807, 2.05) is 0 Å². The Balaban J connectivity index is 2.52. The van der Waals surface area contributed by atoms with Crippen LogP contribution in [-0.2, 0) is 4.79 Å². The van der Waals surface area contributed by atoms with Gasteiger partial charge in [0.05, 0.1) is 11.3 Å². The molecule has 0 heterocycles. The minimum absolute atomic E-state index is 0.0153. The first kappa shape index (κ1) is 15.0. The van der Waals surface area contributed by atoms with E-state index in [1.54, 1.807) is 0 Å². The average Bonchev–Trinajstić information content (AvgIpc) is 2.37. The van der Waals surface area contributed by atoms with Crippen LogP contribution < -0.4 is 5.32 Å². The van der Waals surface area contributed by atoms with Crippen molar-refractivity contribution in [1.82, 2.24) is 0 Å². The highest BCUT2D eigenvalue weighted by Crippen LogP contribution is 2.24. The van der Waals surface area contributed by atoms with Gasteiger partial charge >= 0.3 is 5.97 Å². The molecule has 0 unspecified atom stereocenters. The Labute approximate surface area is 112 Å². The lowest BCUT2D eigenvalue weighted by atomic mass is 10.1. The van der Waals surface area contributed by atoms with E-state index in [0.29, 0.717) is 6.42 Å². The van der Waals surface area contributed by atoms with Crippen LogP contribution in [0.3, 0.4) is 0 Å². The molecule has 0 saturated carbocycles. The van der Waals surface area contributed by atoms with E-state index < -0.39 is 5.97 Å². The van der Waals surface area contributed by atoms with Crippen LogP contribution in [0.4, 0.5) is 5.69 Å². The Morgan fingerprint density at radius 2 is 1.95 bits per heavy atom. The summed E-state index contributed by atoms with van der Waals surface area (Å²) in [4.78, 5) is 22.3. The molecule has 1 aromatic rings. The molecule has 0 aromatic heterocycles. The maximum Gasteiger partial charge on any atom is 0.335 e. The normalized spacial score (nSPS) is 10.2. The average molecular weight is 265 g/mol. The molecule has 0 saturated heterocycles. The number of hydrogen-bond acceptors (Lipinski definition) is 3. The topological polar surface area (TPSA) is 86.6 Å². The Kier molecular flexibility index (Phi) is 5.85. The highest BCUT2D eigenvalue weighted by atomic mass is 16.4. The monoisotopic (exact) mass is 265 g/mol. The van der Waals surface area contributed by atoms with Gasteiger partial charge in [0.1, 0.15) is 5.75 Å². The predicted molar refractivity (Wildman–Crippen MR) is 72.5 cm³/mol. The first-order chi connectivity index (χ1) is 9.04. The first-order valence-electron chi connectivity index (χ1n) is 6.40. The Hall–Kier alpha value is -2.04. The van der Waals surface area contributed by atoms with Crippen LogP contribution in [0.15, 0.2) is 18.2 Å². The third-order valence-corrected chi connectivity index (χ3v) is 2.78. The number of rotatable bonds is 7. The van der Waals surface area contributed by atoms with Crippen molar-refractivity contribution in [3.63, 3.8) is 0 Å². The van der Waals surface area contributed by atoms with Gasteiger partial charge in [-0.1, -0.05) is 26.2 Å². The zero-order valence-corrected chi connectivity index (χ0v) is 11.0. The van der Waals surface area contributed by atoms with E-state index >= 15 is 0 Å². The molecule has 3 N–H and O–H groups in total. The molecule has 5 nitrogen and oxygen atoms in total. The number of carboxylic acids is 1. The molecule has 5 heteroatoms. The number of hydrogen-bond donors (Lipinski definition) is 3. The van der Waals surface area contributed by atoms with Gasteiger partial charge in [-0.3, -0.25) is 4.79 Å². The summed E-state index contributed by atoms with van der Waals surface area (Å²) >= 11 is 0. The molecule has 1 aromatic carbocycles. The van der Waals surface area contributed by atoms with Gasteiger partial charge in [0, 0.05) is 6.42 Å². The molecule has 104 valence electrons. The lowest BCUT2D eigenvalue weighted by Crippen LogP contribution is -2.11. The van der Waals surface area contributed by atoms with E-state index in [-0.39, 0.29) is 22.9 Å². The van der Waals surface area contributed by atoms with Gasteiger partial charge < -0.3 is 15.5 Å². The number of unbranched alkanes of at least 4 members (excludes halogenated alkanes) is 3. The number of amides is 1. The van der Waals surface area contributed by atoms with E-state index in [4.69, 9.17) is 5.11 Å². The van der Waals surface area contributed by atoms with E-state index in [1.165, 1.54) is 12.1 Å². The van der Waals surface area contributed by atoms with Crippen LogP contribution in [0, 0.1) is 0 Å². The summed E-state index contributed by atoms with van der Waals surface area (Å²) in [7, 11) is 0. The minimum Gasteiger partial charge on any atom is -0.506 e. The minimum atomic E-state index is -1.12. The SMILES string of the molecule is CCCCCCC(=O)Nc1ccc(C(=O)O)cc1O. The Morgan fingerprint density at radius 3 is 2.53 bits per heavy atom. The van der Waals surface area contributed by atoms with Crippen molar-refractivity contribution in [2.75, 3.05) is 5.32 Å². The van der Waals surface area contributed by atoms with Gasteiger partial charge in [0.2, 0.25) is 5.91 Å². The lowest BCUT2D eigenvalue weighted by molar-refractivity contribution is -0.116. The quantitative estimate of drug-likeness (QED) is 0.522. The van der Waals surface area contributed by atoms with E-state index in [2.05, 4.69) is 12.2 Å². The van der Waals surface area contributed by atoms with Crippen LogP contribution in [0.1, 0.15) is 49.4 Å². The van der Waals surface area contributed by atoms with Gasteiger partial charge in [-0.2, -0.15) is 0 Å². The molecule has 0 aliphatic rings. The standard InChI is InChI=1S/C14H19NO4/c1-2-3-4-5-6-13(17)15-11-8-7-10(14(18)19)9-12(11)16/h7-9,16H,2-6H2,1H3,(H,15,17)(H,18,19). The van der Waals surface area contributed by atoms with Gasteiger partial charge in [-0.15, -0.1) is 0 Å². The second kappa shape index (κ2) is 7.41. The van der Waals surface area contributed by atoms with Crippen molar-refractivity contribution in [1.29, 1.82) is 0 Å². The third-order valence-electron chi connectivity index (χ3n) is 2.78. The highest BCUT2D eigenvalue weighted by Gasteiger charge is 2.09. The summed E-state index contributed by atoms with van der Waals surface area (Å²) in [6.45, 7) is 2.10. The molecule has 0 aliphatic heterocycles. The fourth-order valence-corrected chi connectivity index (χ4v) is 1.70. The van der Waals surface area contributed by atoms with Gasteiger partial charge in [-0.25, -0.2) is 4.79 Å². The summed E-state index contributed by atoms with van der Waals surface area (Å²) in [5.41, 5.74) is 0.226. The predicted octanol–water partition coefficient (Wildman–Crippen LogP) is 3.00. The highest BCUT2D eigenvalue weighted by molar-refractivity contribution is 5.94. The second-order valence-corrected chi connectivity index (χ2v) is 4.40. The lowest BCUT2D eigenvalue weighted by Gasteiger charge is -2.07. The van der Waals surface area contributed by atoms with Crippen LogP contribution in [0.2, 0.25) is 0 Å². The number of carboxylic acid groups (broad SMARTS) is 1. The second-order valence-electron chi connectivity index (χ2n) is 4.40. The maximum atomic E-state index is 11.6. The molecule has 1 amide bonds.